The lowest BCUT2D eigenvalue weighted by molar-refractivity contribution is -0.659. The van der Waals surface area contributed by atoms with Gasteiger partial charge in [-0.15, -0.1) is 0 Å². The topological polar surface area (TPSA) is 3.88 Å². The Bertz CT molecular complexity index is 932. The van der Waals surface area contributed by atoms with E-state index in [4.69, 9.17) is 0 Å². The average molecular weight is 333 g/mol. The normalized spacial score (nSPS) is 11.7. The molecule has 0 amide bonds. The van der Waals surface area contributed by atoms with Crippen LogP contribution in [0.5, 0.6) is 0 Å². The van der Waals surface area contributed by atoms with Crippen molar-refractivity contribution in [3.63, 3.8) is 0 Å². The van der Waals surface area contributed by atoms with E-state index in [2.05, 4.69) is 95.8 Å². The van der Waals surface area contributed by atoms with Crippen LogP contribution in [0.1, 0.15) is 61.8 Å². The molecule has 1 nitrogen and oxygen atoms in total. The van der Waals surface area contributed by atoms with Crippen LogP contribution in [0.2, 0.25) is 0 Å². The predicted molar refractivity (Wildman–Crippen MR) is 108 cm³/mol. The highest BCUT2D eigenvalue weighted by Gasteiger charge is 2.17. The third kappa shape index (κ3) is 3.33. The van der Waals surface area contributed by atoms with E-state index in [1.54, 1.807) is 0 Å². The lowest BCUT2D eigenvalue weighted by Crippen LogP contribution is -2.30. The number of hydrogen-bond donors (Lipinski definition) is 0. The molecule has 0 bridgehead atoms. The van der Waals surface area contributed by atoms with E-state index in [-0.39, 0.29) is 0 Å². The summed E-state index contributed by atoms with van der Waals surface area (Å²) < 4.78 is 2.27. The van der Waals surface area contributed by atoms with Gasteiger partial charge in [0.2, 0.25) is 5.69 Å². The first kappa shape index (κ1) is 17.7. The Balaban J connectivity index is 2.26. The van der Waals surface area contributed by atoms with Crippen molar-refractivity contribution in [3.8, 4) is 11.3 Å². The molecule has 0 fully saturated rings. The lowest BCUT2D eigenvalue weighted by Gasteiger charge is -2.14. The summed E-state index contributed by atoms with van der Waals surface area (Å²) in [6.07, 6.45) is 2.26. The van der Waals surface area contributed by atoms with Crippen LogP contribution in [0, 0.1) is 13.8 Å². The summed E-state index contributed by atoms with van der Waals surface area (Å²) in [4.78, 5) is 0. The van der Waals surface area contributed by atoms with Crippen LogP contribution in [0.15, 0.2) is 42.6 Å². The van der Waals surface area contributed by atoms with Gasteiger partial charge in [0.25, 0.3) is 0 Å². The lowest BCUT2D eigenvalue weighted by atomic mass is 9.91. The van der Waals surface area contributed by atoms with Crippen molar-refractivity contribution in [2.45, 2.75) is 53.4 Å². The maximum Gasteiger partial charge on any atom is 0.213 e. The van der Waals surface area contributed by atoms with Crippen molar-refractivity contribution in [1.29, 1.82) is 0 Å². The molecule has 3 rings (SSSR count). The molecule has 0 aliphatic rings. The van der Waals surface area contributed by atoms with Crippen LogP contribution in [0.3, 0.4) is 0 Å². The molecule has 0 radical (unpaired) electrons. The van der Waals surface area contributed by atoms with Crippen LogP contribution in [0.25, 0.3) is 22.0 Å². The maximum atomic E-state index is 2.38. The van der Waals surface area contributed by atoms with Gasteiger partial charge in [-0.05, 0) is 65.5 Å². The van der Waals surface area contributed by atoms with Crippen molar-refractivity contribution >= 4 is 10.8 Å². The molecule has 0 saturated carbocycles. The van der Waals surface area contributed by atoms with Crippen LogP contribution in [0.4, 0.5) is 0 Å². The molecule has 1 heteroatoms. The molecule has 0 atom stereocenters. The van der Waals surface area contributed by atoms with Crippen LogP contribution < -0.4 is 4.57 Å². The first-order valence-corrected chi connectivity index (χ1v) is 9.32. The van der Waals surface area contributed by atoms with Gasteiger partial charge in [-0.2, -0.15) is 0 Å². The van der Waals surface area contributed by atoms with Gasteiger partial charge in [0.1, 0.15) is 7.05 Å². The third-order valence-electron chi connectivity index (χ3n) is 5.41. The Hall–Kier alpha value is -2.15. The number of aryl methyl sites for hydroxylation is 2. The Morgan fingerprint density at radius 2 is 1.44 bits per heavy atom. The molecular formula is C24H30N+. The summed E-state index contributed by atoms with van der Waals surface area (Å²) in [5.74, 6) is 1.09. The number of fused-ring (bicyclic) bond motifs is 1. The smallest absolute Gasteiger partial charge is 0.200 e. The number of pyridine rings is 1. The summed E-state index contributed by atoms with van der Waals surface area (Å²) in [6, 6.07) is 13.9. The van der Waals surface area contributed by atoms with E-state index in [0.717, 1.165) is 0 Å². The van der Waals surface area contributed by atoms with Crippen LogP contribution in [-0.2, 0) is 7.05 Å². The Morgan fingerprint density at radius 1 is 0.760 bits per heavy atom. The molecule has 0 aliphatic heterocycles. The predicted octanol–water partition coefficient (Wildman–Crippen LogP) is 6.19. The highest BCUT2D eigenvalue weighted by atomic mass is 14.9. The SMILES string of the molecule is Cc1cc(C(C)C)cc(-c2cc3cc(C(C)C)ccc3c[n+]2C)c1C. The van der Waals surface area contributed by atoms with Gasteiger partial charge in [-0.25, -0.2) is 4.57 Å². The number of hydrogen-bond acceptors (Lipinski definition) is 0. The molecule has 1 aromatic heterocycles. The fraction of sp³-hybridized carbons (Fsp3) is 0.375. The maximum absolute atomic E-state index is 2.38. The zero-order valence-corrected chi connectivity index (χ0v) is 16.6. The Kier molecular flexibility index (Phi) is 4.69. The zero-order chi connectivity index (χ0) is 18.3. The second-order valence-corrected chi connectivity index (χ2v) is 7.98. The fourth-order valence-electron chi connectivity index (χ4n) is 3.48. The number of benzene rings is 2. The van der Waals surface area contributed by atoms with Crippen molar-refractivity contribution in [2.24, 2.45) is 7.05 Å². The highest BCUT2D eigenvalue weighted by molar-refractivity contribution is 5.85. The van der Waals surface area contributed by atoms with E-state index in [0.29, 0.717) is 11.8 Å². The molecule has 0 N–H and O–H groups in total. The van der Waals surface area contributed by atoms with Gasteiger partial charge in [0.15, 0.2) is 6.20 Å². The second kappa shape index (κ2) is 6.63. The summed E-state index contributed by atoms with van der Waals surface area (Å²) in [6.45, 7) is 13.5. The minimum absolute atomic E-state index is 0.538. The van der Waals surface area contributed by atoms with Crippen LogP contribution >= 0.6 is 0 Å². The summed E-state index contributed by atoms with van der Waals surface area (Å²) >= 11 is 0. The minimum atomic E-state index is 0.538. The van der Waals surface area contributed by atoms with Gasteiger partial charge in [-0.3, -0.25) is 0 Å². The average Bonchev–Trinajstić information content (AvgIpc) is 2.56. The largest absolute Gasteiger partial charge is 0.213 e. The molecule has 0 spiro atoms. The van der Waals surface area contributed by atoms with Crippen molar-refractivity contribution < 1.29 is 4.57 Å². The quantitative estimate of drug-likeness (QED) is 0.503. The van der Waals surface area contributed by atoms with Gasteiger partial charge in [0, 0.05) is 17.0 Å². The van der Waals surface area contributed by atoms with Crippen molar-refractivity contribution in [2.75, 3.05) is 0 Å². The number of aromatic nitrogens is 1. The van der Waals surface area contributed by atoms with E-state index < -0.39 is 0 Å². The summed E-state index contributed by atoms with van der Waals surface area (Å²) in [7, 11) is 2.15. The Labute approximate surface area is 152 Å². The van der Waals surface area contributed by atoms with Gasteiger partial charge >= 0.3 is 0 Å². The van der Waals surface area contributed by atoms with Gasteiger partial charge in [0.05, 0.1) is 0 Å². The molecule has 130 valence electrons. The molecular weight excluding hydrogens is 302 g/mol. The number of nitrogens with zero attached hydrogens (tertiary/aromatic N) is 1. The molecule has 3 aromatic rings. The van der Waals surface area contributed by atoms with Gasteiger partial charge < -0.3 is 0 Å². The zero-order valence-electron chi connectivity index (χ0n) is 16.6. The van der Waals surface area contributed by atoms with Crippen LogP contribution in [-0.4, -0.2) is 0 Å². The third-order valence-corrected chi connectivity index (χ3v) is 5.41. The minimum Gasteiger partial charge on any atom is -0.200 e. The van der Waals surface area contributed by atoms with Crippen molar-refractivity contribution in [1.82, 2.24) is 0 Å². The molecule has 2 aromatic carbocycles. The number of rotatable bonds is 3. The molecule has 0 saturated heterocycles. The van der Waals surface area contributed by atoms with E-state index in [1.807, 2.05) is 0 Å². The van der Waals surface area contributed by atoms with Gasteiger partial charge in [-0.1, -0.05) is 45.9 Å². The molecule has 25 heavy (non-hydrogen) atoms. The highest BCUT2D eigenvalue weighted by Crippen LogP contribution is 2.30. The summed E-state index contributed by atoms with van der Waals surface area (Å²) in [5.41, 5.74) is 8.20. The fourth-order valence-corrected chi connectivity index (χ4v) is 3.48. The van der Waals surface area contributed by atoms with E-state index in [9.17, 15) is 0 Å². The molecule has 1 heterocycles. The first-order chi connectivity index (χ1) is 11.8. The second-order valence-electron chi connectivity index (χ2n) is 7.98. The van der Waals surface area contributed by atoms with Crippen molar-refractivity contribution in [3.05, 3.63) is 64.8 Å². The van der Waals surface area contributed by atoms with E-state index in [1.165, 1.54) is 44.3 Å². The monoisotopic (exact) mass is 332 g/mol. The standard InChI is InChI=1S/C24H30N/c1-15(2)19-8-9-20-14-25(7)24(13-22(20)11-19)23-12-21(16(3)4)10-17(5)18(23)6/h8-16H,1-7H3/q+1. The molecule has 0 aliphatic carbocycles. The summed E-state index contributed by atoms with van der Waals surface area (Å²) in [5, 5.41) is 2.62. The molecule has 0 unspecified atom stereocenters. The Morgan fingerprint density at radius 3 is 2.08 bits per heavy atom. The first-order valence-electron chi connectivity index (χ1n) is 9.32. The van der Waals surface area contributed by atoms with E-state index >= 15 is 0 Å².